The molecule has 0 spiro atoms. The van der Waals surface area contributed by atoms with Crippen LogP contribution in [0.25, 0.3) is 0 Å². The highest BCUT2D eigenvalue weighted by Gasteiger charge is 2.32. The van der Waals surface area contributed by atoms with Gasteiger partial charge in [-0.15, -0.1) is 0 Å². The van der Waals surface area contributed by atoms with Crippen molar-refractivity contribution >= 4 is 17.5 Å². The van der Waals surface area contributed by atoms with Crippen molar-refractivity contribution in [1.29, 1.82) is 0 Å². The fourth-order valence-corrected chi connectivity index (χ4v) is 4.51. The molecule has 4 rings (SSSR count). The number of hydrogen-bond acceptors (Lipinski definition) is 2. The molecule has 2 atom stereocenters. The summed E-state index contributed by atoms with van der Waals surface area (Å²) in [6, 6.07) is 16.1. The van der Waals surface area contributed by atoms with E-state index in [4.69, 9.17) is 11.6 Å². The molecule has 3 nitrogen and oxygen atoms in total. The second-order valence-corrected chi connectivity index (χ2v) is 7.70. The maximum atomic E-state index is 13.3. The third-order valence-corrected chi connectivity index (χ3v) is 5.98. The fraction of sp³-hybridized carbons (Fsp3) is 0.409. The number of benzene rings is 2. The summed E-state index contributed by atoms with van der Waals surface area (Å²) in [7, 11) is 0. The van der Waals surface area contributed by atoms with Crippen molar-refractivity contribution in [2.75, 3.05) is 13.1 Å². The first-order valence-corrected chi connectivity index (χ1v) is 9.99. The number of likely N-dealkylation sites (tertiary alicyclic amines) is 1. The summed E-state index contributed by atoms with van der Waals surface area (Å²) in [5.41, 5.74) is 3.51. The van der Waals surface area contributed by atoms with E-state index in [0.717, 1.165) is 49.4 Å². The van der Waals surface area contributed by atoms with Crippen molar-refractivity contribution in [3.63, 3.8) is 0 Å². The summed E-state index contributed by atoms with van der Waals surface area (Å²) < 4.78 is 0. The highest BCUT2D eigenvalue weighted by atomic mass is 35.5. The lowest BCUT2D eigenvalue weighted by Gasteiger charge is -2.32. The van der Waals surface area contributed by atoms with Gasteiger partial charge in [-0.2, -0.15) is 0 Å². The van der Waals surface area contributed by atoms with Gasteiger partial charge in [-0.25, -0.2) is 0 Å². The molecule has 1 amide bonds. The van der Waals surface area contributed by atoms with Crippen LogP contribution < -0.4 is 5.32 Å². The first-order valence-electron chi connectivity index (χ1n) is 9.61. The quantitative estimate of drug-likeness (QED) is 0.850. The molecule has 2 aromatic carbocycles. The summed E-state index contributed by atoms with van der Waals surface area (Å²) in [5.74, 6) is 0.200. The Kier molecular flexibility index (Phi) is 5.28. The molecule has 136 valence electrons. The van der Waals surface area contributed by atoms with E-state index in [1.54, 1.807) is 0 Å². The van der Waals surface area contributed by atoms with E-state index in [1.807, 2.05) is 47.4 Å². The molecule has 4 heteroatoms. The summed E-state index contributed by atoms with van der Waals surface area (Å²) in [6.07, 6.45) is 5.38. The predicted octanol–water partition coefficient (Wildman–Crippen LogP) is 4.67. The fourth-order valence-electron chi connectivity index (χ4n) is 4.24. The number of hydrogen-bond donors (Lipinski definition) is 1. The maximum Gasteiger partial charge on any atom is 0.244 e. The van der Waals surface area contributed by atoms with Gasteiger partial charge < -0.3 is 4.90 Å². The molecule has 26 heavy (non-hydrogen) atoms. The number of nitrogens with one attached hydrogen (secondary N) is 1. The standard InChI is InChI=1S/C22H25ClN2O/c23-19-11-7-10-18-17(19)12-13-20(18)24-21(16-8-3-1-4-9-16)22(26)25-14-5-2-6-15-25/h1,3-4,7-11,20-21,24H,2,5-6,12-15H2/t20-,21-/m1/s1. The van der Waals surface area contributed by atoms with Crippen molar-refractivity contribution in [1.82, 2.24) is 10.2 Å². The Labute approximate surface area is 160 Å². The molecule has 0 unspecified atom stereocenters. The number of rotatable bonds is 4. The summed E-state index contributed by atoms with van der Waals surface area (Å²) in [6.45, 7) is 1.74. The minimum atomic E-state index is -0.302. The number of amides is 1. The van der Waals surface area contributed by atoms with Crippen LogP contribution in [-0.2, 0) is 11.2 Å². The van der Waals surface area contributed by atoms with Gasteiger partial charge in [0, 0.05) is 24.2 Å². The van der Waals surface area contributed by atoms with Crippen molar-refractivity contribution in [3.8, 4) is 0 Å². The van der Waals surface area contributed by atoms with E-state index in [0.29, 0.717) is 0 Å². The van der Waals surface area contributed by atoms with Gasteiger partial charge in [-0.05, 0) is 54.9 Å². The Morgan fingerprint density at radius 1 is 1.04 bits per heavy atom. The monoisotopic (exact) mass is 368 g/mol. The zero-order valence-corrected chi connectivity index (χ0v) is 15.7. The second-order valence-electron chi connectivity index (χ2n) is 7.30. The topological polar surface area (TPSA) is 32.3 Å². The van der Waals surface area contributed by atoms with Gasteiger partial charge in [0.25, 0.3) is 0 Å². The lowest BCUT2D eigenvalue weighted by atomic mass is 10.0. The Balaban J connectivity index is 1.60. The molecular weight excluding hydrogens is 344 g/mol. The molecule has 0 aromatic heterocycles. The molecule has 1 aliphatic heterocycles. The number of carbonyl (C=O) groups is 1. The van der Waals surface area contributed by atoms with Crippen molar-refractivity contribution in [2.45, 2.75) is 44.2 Å². The van der Waals surface area contributed by atoms with Crippen LogP contribution in [-0.4, -0.2) is 23.9 Å². The zero-order valence-electron chi connectivity index (χ0n) is 15.0. The Bertz CT molecular complexity index is 771. The maximum absolute atomic E-state index is 13.3. The van der Waals surface area contributed by atoms with E-state index in [2.05, 4.69) is 11.4 Å². The minimum Gasteiger partial charge on any atom is -0.341 e. The number of fused-ring (bicyclic) bond motifs is 1. The van der Waals surface area contributed by atoms with Gasteiger partial charge in [-0.1, -0.05) is 54.1 Å². The first kappa shape index (κ1) is 17.6. The normalized spacial score (nSPS) is 20.7. The molecule has 1 N–H and O–H groups in total. The van der Waals surface area contributed by atoms with Crippen LogP contribution in [0.1, 0.15) is 54.5 Å². The summed E-state index contributed by atoms with van der Waals surface area (Å²) >= 11 is 6.37. The van der Waals surface area contributed by atoms with Crippen molar-refractivity contribution in [2.24, 2.45) is 0 Å². The lowest BCUT2D eigenvalue weighted by Crippen LogP contribution is -2.44. The number of carbonyl (C=O) groups excluding carboxylic acids is 1. The molecule has 0 saturated carbocycles. The third kappa shape index (κ3) is 3.51. The third-order valence-electron chi connectivity index (χ3n) is 5.63. The van der Waals surface area contributed by atoms with Crippen molar-refractivity contribution < 1.29 is 4.79 Å². The lowest BCUT2D eigenvalue weighted by molar-refractivity contribution is -0.134. The molecule has 2 aromatic rings. The van der Waals surface area contributed by atoms with Gasteiger partial charge in [-0.3, -0.25) is 10.1 Å². The van der Waals surface area contributed by atoms with E-state index < -0.39 is 0 Å². The van der Waals surface area contributed by atoms with Crippen LogP contribution in [0, 0.1) is 0 Å². The van der Waals surface area contributed by atoms with Gasteiger partial charge in [0.1, 0.15) is 6.04 Å². The SMILES string of the molecule is O=C([C@H](N[C@@H]1CCc2c(Cl)cccc21)c1ccccc1)N1CCCCC1. The van der Waals surface area contributed by atoms with Gasteiger partial charge >= 0.3 is 0 Å². The van der Waals surface area contributed by atoms with Gasteiger partial charge in [0.15, 0.2) is 0 Å². The smallest absolute Gasteiger partial charge is 0.244 e. The molecule has 1 saturated heterocycles. The van der Waals surface area contributed by atoms with Gasteiger partial charge in [0.2, 0.25) is 5.91 Å². The van der Waals surface area contributed by atoms with Crippen LogP contribution in [0.5, 0.6) is 0 Å². The largest absolute Gasteiger partial charge is 0.341 e. The highest BCUT2D eigenvalue weighted by Crippen LogP contribution is 2.37. The molecule has 1 aliphatic carbocycles. The molecule has 0 bridgehead atoms. The Morgan fingerprint density at radius 2 is 1.81 bits per heavy atom. The van der Waals surface area contributed by atoms with Crippen molar-refractivity contribution in [3.05, 3.63) is 70.2 Å². The molecular formula is C22H25ClN2O. The van der Waals surface area contributed by atoms with E-state index in [1.165, 1.54) is 17.5 Å². The summed E-state index contributed by atoms with van der Waals surface area (Å²) in [5, 5.41) is 4.50. The van der Waals surface area contributed by atoms with E-state index in [9.17, 15) is 4.79 Å². The zero-order chi connectivity index (χ0) is 17.9. The number of nitrogens with zero attached hydrogens (tertiary/aromatic N) is 1. The van der Waals surface area contributed by atoms with Gasteiger partial charge in [0.05, 0.1) is 0 Å². The summed E-state index contributed by atoms with van der Waals surface area (Å²) in [4.78, 5) is 15.3. The molecule has 0 radical (unpaired) electrons. The number of piperidine rings is 1. The van der Waals surface area contributed by atoms with Crippen LogP contribution in [0.3, 0.4) is 0 Å². The van der Waals surface area contributed by atoms with E-state index >= 15 is 0 Å². The highest BCUT2D eigenvalue weighted by molar-refractivity contribution is 6.31. The van der Waals surface area contributed by atoms with Crippen LogP contribution in [0.15, 0.2) is 48.5 Å². The molecule has 2 aliphatic rings. The number of halogens is 1. The Morgan fingerprint density at radius 3 is 2.58 bits per heavy atom. The molecule has 1 fully saturated rings. The molecule has 1 heterocycles. The average molecular weight is 369 g/mol. The van der Waals surface area contributed by atoms with E-state index in [-0.39, 0.29) is 18.0 Å². The Hall–Kier alpha value is -1.84. The second kappa shape index (κ2) is 7.81. The predicted molar refractivity (Wildman–Crippen MR) is 105 cm³/mol. The van der Waals surface area contributed by atoms with Crippen LogP contribution in [0.2, 0.25) is 5.02 Å². The average Bonchev–Trinajstić information content (AvgIpc) is 3.11. The first-order chi connectivity index (χ1) is 12.7. The minimum absolute atomic E-state index is 0.169. The van der Waals surface area contributed by atoms with Crippen LogP contribution >= 0.6 is 11.6 Å². The van der Waals surface area contributed by atoms with Crippen LogP contribution in [0.4, 0.5) is 0 Å².